The number of amides is 1. The third-order valence-corrected chi connectivity index (χ3v) is 2.83. The van der Waals surface area contributed by atoms with Crippen LogP contribution >= 0.6 is 12.2 Å². The van der Waals surface area contributed by atoms with Crippen LogP contribution in [0.25, 0.3) is 0 Å². The van der Waals surface area contributed by atoms with Gasteiger partial charge in [0, 0.05) is 5.69 Å². The Morgan fingerprint density at radius 3 is 2.15 bits per heavy atom. The highest BCUT2D eigenvalue weighted by atomic mass is 32.1. The number of hydrogen-bond acceptors (Lipinski definition) is 3. The van der Waals surface area contributed by atoms with Gasteiger partial charge in [0.2, 0.25) is 6.41 Å². The van der Waals surface area contributed by atoms with Crippen molar-refractivity contribution in [2.45, 2.75) is 0 Å². The van der Waals surface area contributed by atoms with Crippen molar-refractivity contribution in [3.63, 3.8) is 0 Å². The van der Waals surface area contributed by atoms with Crippen LogP contribution in [-0.4, -0.2) is 16.6 Å². The van der Waals surface area contributed by atoms with E-state index in [-0.39, 0.29) is 0 Å². The number of nitrogens with two attached hydrogens (primary N) is 1. The summed E-state index contributed by atoms with van der Waals surface area (Å²) in [6, 6.07) is 18.6. The zero-order chi connectivity index (χ0) is 14.4. The van der Waals surface area contributed by atoms with Crippen molar-refractivity contribution in [2.75, 3.05) is 10.3 Å². The molecule has 20 heavy (non-hydrogen) atoms. The van der Waals surface area contributed by atoms with Gasteiger partial charge >= 0.3 is 0 Å². The minimum Gasteiger partial charge on any atom is -0.331 e. The Bertz CT molecular complexity index is 576. The van der Waals surface area contributed by atoms with Gasteiger partial charge in [0.05, 0.1) is 5.69 Å². The standard InChI is InChI=1S/C14H14N4OS/c15-17(11-19)18(13-9-5-2-6-10-13)14(20)16-12-7-3-1-4-8-12/h1-11H,15H2,(H,16,20). The number of carbonyl (C=O) groups excluding carboxylic acids is 1. The zero-order valence-electron chi connectivity index (χ0n) is 10.6. The van der Waals surface area contributed by atoms with Gasteiger partial charge in [-0.25, -0.2) is 10.9 Å². The molecule has 5 nitrogen and oxygen atoms in total. The number of nitrogens with zero attached hydrogens (tertiary/aromatic N) is 2. The van der Waals surface area contributed by atoms with Gasteiger partial charge in [-0.3, -0.25) is 4.79 Å². The van der Waals surface area contributed by atoms with E-state index in [1.165, 1.54) is 5.01 Å². The SMILES string of the molecule is NN(C=O)N(C(=S)Nc1ccccc1)c1ccccc1. The first-order valence-electron chi connectivity index (χ1n) is 5.92. The third kappa shape index (κ3) is 3.31. The average Bonchev–Trinajstić information content (AvgIpc) is 2.49. The van der Waals surface area contributed by atoms with Gasteiger partial charge in [0.25, 0.3) is 0 Å². The lowest BCUT2D eigenvalue weighted by Crippen LogP contribution is -2.51. The molecule has 3 N–H and O–H groups in total. The van der Waals surface area contributed by atoms with Crippen molar-refractivity contribution in [3.8, 4) is 0 Å². The Labute approximate surface area is 122 Å². The molecule has 0 saturated heterocycles. The Kier molecular flexibility index (Phi) is 4.65. The van der Waals surface area contributed by atoms with Crippen molar-refractivity contribution < 1.29 is 4.79 Å². The zero-order valence-corrected chi connectivity index (χ0v) is 11.5. The Morgan fingerprint density at radius 2 is 1.60 bits per heavy atom. The topological polar surface area (TPSA) is 61.6 Å². The monoisotopic (exact) mass is 286 g/mol. The number of benzene rings is 2. The second-order valence-corrected chi connectivity index (χ2v) is 4.32. The molecule has 102 valence electrons. The summed E-state index contributed by atoms with van der Waals surface area (Å²) in [5.74, 6) is 5.67. The van der Waals surface area contributed by atoms with Gasteiger partial charge in [-0.1, -0.05) is 36.4 Å². The molecule has 0 atom stereocenters. The number of anilines is 2. The molecule has 6 heteroatoms. The fourth-order valence-corrected chi connectivity index (χ4v) is 1.99. The Hall–Kier alpha value is -2.44. The molecule has 1 amide bonds. The van der Waals surface area contributed by atoms with Crippen LogP contribution in [0.5, 0.6) is 0 Å². The first-order valence-corrected chi connectivity index (χ1v) is 6.33. The molecule has 2 aromatic carbocycles. The molecule has 0 spiro atoms. The maximum atomic E-state index is 10.9. The summed E-state index contributed by atoms with van der Waals surface area (Å²) in [5, 5.41) is 5.64. The van der Waals surface area contributed by atoms with Crippen LogP contribution in [0, 0.1) is 0 Å². The van der Waals surface area contributed by atoms with Gasteiger partial charge in [-0.2, -0.15) is 5.12 Å². The molecule has 0 heterocycles. The number of hydrazine groups is 2. The molecule has 0 saturated carbocycles. The number of para-hydroxylation sites is 2. The van der Waals surface area contributed by atoms with Crippen molar-refractivity contribution in [3.05, 3.63) is 60.7 Å². The highest BCUT2D eigenvalue weighted by Crippen LogP contribution is 2.16. The van der Waals surface area contributed by atoms with Gasteiger partial charge in [-0.05, 0) is 36.5 Å². The molecule has 0 unspecified atom stereocenters. The van der Waals surface area contributed by atoms with E-state index in [0.29, 0.717) is 17.2 Å². The summed E-state index contributed by atoms with van der Waals surface area (Å²) in [4.78, 5) is 10.9. The van der Waals surface area contributed by atoms with Crippen LogP contribution in [0.15, 0.2) is 60.7 Å². The van der Waals surface area contributed by atoms with E-state index in [4.69, 9.17) is 18.1 Å². The lowest BCUT2D eigenvalue weighted by atomic mass is 10.3. The molecule has 0 fully saturated rings. The Balaban J connectivity index is 2.23. The van der Waals surface area contributed by atoms with E-state index in [0.717, 1.165) is 10.8 Å². The van der Waals surface area contributed by atoms with Crippen LogP contribution in [0.1, 0.15) is 0 Å². The summed E-state index contributed by atoms with van der Waals surface area (Å²) in [7, 11) is 0. The number of nitrogens with one attached hydrogen (secondary N) is 1. The normalized spacial score (nSPS) is 9.65. The maximum absolute atomic E-state index is 10.9. The minimum absolute atomic E-state index is 0.303. The largest absolute Gasteiger partial charge is 0.331 e. The Morgan fingerprint density at radius 1 is 1.05 bits per heavy atom. The summed E-state index contributed by atoms with van der Waals surface area (Å²) >= 11 is 5.32. The van der Waals surface area contributed by atoms with Crippen molar-refractivity contribution in [1.82, 2.24) is 5.12 Å². The van der Waals surface area contributed by atoms with Crippen molar-refractivity contribution >= 4 is 35.1 Å². The predicted molar refractivity (Wildman–Crippen MR) is 83.7 cm³/mol. The second kappa shape index (κ2) is 6.65. The van der Waals surface area contributed by atoms with E-state index in [2.05, 4.69) is 5.32 Å². The molecule has 0 bridgehead atoms. The van der Waals surface area contributed by atoms with E-state index < -0.39 is 0 Å². The van der Waals surface area contributed by atoms with Crippen LogP contribution in [-0.2, 0) is 4.79 Å². The fourth-order valence-electron chi connectivity index (χ4n) is 1.67. The molecule has 0 radical (unpaired) electrons. The first kappa shape index (κ1) is 14.0. The fraction of sp³-hybridized carbons (Fsp3) is 0. The third-order valence-electron chi connectivity index (χ3n) is 2.56. The van der Waals surface area contributed by atoms with Gasteiger partial charge in [0.1, 0.15) is 0 Å². The lowest BCUT2D eigenvalue weighted by molar-refractivity contribution is -0.118. The van der Waals surface area contributed by atoms with E-state index in [1.54, 1.807) is 0 Å². The smallest absolute Gasteiger partial charge is 0.243 e. The van der Waals surface area contributed by atoms with Crippen LogP contribution in [0.4, 0.5) is 11.4 Å². The number of hydrogen-bond donors (Lipinski definition) is 2. The minimum atomic E-state index is 0.303. The van der Waals surface area contributed by atoms with Crippen LogP contribution in [0.3, 0.4) is 0 Å². The van der Waals surface area contributed by atoms with E-state index in [1.807, 2.05) is 60.7 Å². The lowest BCUT2D eigenvalue weighted by Gasteiger charge is -2.30. The highest BCUT2D eigenvalue weighted by molar-refractivity contribution is 7.80. The molecule has 0 aliphatic heterocycles. The average molecular weight is 286 g/mol. The van der Waals surface area contributed by atoms with E-state index in [9.17, 15) is 4.79 Å². The molecule has 2 rings (SSSR count). The molecule has 0 aromatic heterocycles. The van der Waals surface area contributed by atoms with Gasteiger partial charge < -0.3 is 5.32 Å². The summed E-state index contributed by atoms with van der Waals surface area (Å²) in [5.41, 5.74) is 1.51. The molecular weight excluding hydrogens is 272 g/mol. The quantitative estimate of drug-likeness (QED) is 0.296. The molecule has 2 aromatic rings. The predicted octanol–water partition coefficient (Wildman–Crippen LogP) is 2.14. The molecule has 0 aliphatic carbocycles. The first-order chi connectivity index (χ1) is 9.72. The van der Waals surface area contributed by atoms with Crippen LogP contribution in [0.2, 0.25) is 0 Å². The van der Waals surface area contributed by atoms with Crippen molar-refractivity contribution in [1.29, 1.82) is 0 Å². The summed E-state index contributed by atoms with van der Waals surface area (Å²) in [6.07, 6.45) is 0.492. The van der Waals surface area contributed by atoms with E-state index >= 15 is 0 Å². The van der Waals surface area contributed by atoms with Gasteiger partial charge in [-0.15, -0.1) is 0 Å². The maximum Gasteiger partial charge on any atom is 0.243 e. The number of thiocarbonyl (C=S) groups is 1. The summed E-state index contributed by atoms with van der Waals surface area (Å²) < 4.78 is 0. The summed E-state index contributed by atoms with van der Waals surface area (Å²) in [6.45, 7) is 0. The highest BCUT2D eigenvalue weighted by Gasteiger charge is 2.16. The molecular formula is C14H14N4OS. The second-order valence-electron chi connectivity index (χ2n) is 3.93. The number of carbonyl (C=O) groups is 1. The van der Waals surface area contributed by atoms with Gasteiger partial charge in [0.15, 0.2) is 5.11 Å². The van der Waals surface area contributed by atoms with Crippen molar-refractivity contribution in [2.24, 2.45) is 5.84 Å². The number of rotatable bonds is 4. The van der Waals surface area contributed by atoms with Crippen LogP contribution < -0.4 is 16.2 Å². The molecule has 0 aliphatic rings.